The van der Waals surface area contributed by atoms with Crippen molar-refractivity contribution in [2.45, 2.75) is 31.7 Å². The molecule has 1 saturated heterocycles. The molecule has 2 aliphatic rings. The number of carbonyl (C=O) groups is 1. The van der Waals surface area contributed by atoms with Crippen LogP contribution in [0.25, 0.3) is 0 Å². The van der Waals surface area contributed by atoms with Gasteiger partial charge in [0.25, 0.3) is 5.91 Å². The molecule has 4 nitrogen and oxygen atoms in total. The number of piperidine rings is 1. The van der Waals surface area contributed by atoms with Gasteiger partial charge in [-0.25, -0.2) is 0 Å². The van der Waals surface area contributed by atoms with Crippen LogP contribution in [-0.2, 0) is 4.79 Å². The van der Waals surface area contributed by atoms with Crippen LogP contribution >= 0.6 is 35.6 Å². The predicted octanol–water partition coefficient (Wildman–Crippen LogP) is 3.78. The molecule has 1 amide bonds. The molecule has 0 bridgehead atoms. The number of ether oxygens (including phenoxy) is 1. The van der Waals surface area contributed by atoms with Crippen LogP contribution < -0.4 is 10.1 Å². The number of likely N-dealkylation sites (tertiary alicyclic amines) is 1. The van der Waals surface area contributed by atoms with Gasteiger partial charge < -0.3 is 15.0 Å². The van der Waals surface area contributed by atoms with Gasteiger partial charge in [-0.2, -0.15) is 0 Å². The molecule has 1 aromatic carbocycles. The molecular formula is C17H23Cl3N2O2. The molecule has 1 aliphatic carbocycles. The summed E-state index contributed by atoms with van der Waals surface area (Å²) in [6, 6.07) is 5.54. The third-order valence-electron chi connectivity index (χ3n) is 4.48. The Hall–Kier alpha value is -0.680. The number of benzene rings is 1. The summed E-state index contributed by atoms with van der Waals surface area (Å²) in [4.78, 5) is 14.1. The van der Waals surface area contributed by atoms with Crippen molar-refractivity contribution in [3.8, 4) is 5.75 Å². The largest absolute Gasteiger partial charge is 0.482 e. The summed E-state index contributed by atoms with van der Waals surface area (Å²) < 4.78 is 5.52. The summed E-state index contributed by atoms with van der Waals surface area (Å²) >= 11 is 11.9. The molecule has 24 heavy (non-hydrogen) atoms. The van der Waals surface area contributed by atoms with Gasteiger partial charge in [0.2, 0.25) is 0 Å². The maximum absolute atomic E-state index is 12.2. The van der Waals surface area contributed by atoms with Gasteiger partial charge in [0, 0.05) is 24.2 Å². The minimum Gasteiger partial charge on any atom is -0.482 e. The topological polar surface area (TPSA) is 41.6 Å². The van der Waals surface area contributed by atoms with Gasteiger partial charge in [0.15, 0.2) is 6.61 Å². The van der Waals surface area contributed by atoms with E-state index in [2.05, 4.69) is 5.32 Å². The standard InChI is InChI=1S/C17H22Cl2N2O2.ClH/c18-13-3-4-16(15(19)9-13)23-11-17(22)21-7-5-14(6-8-21)20-10-12-1-2-12;/h3-4,9,12,14,20H,1-2,5-8,10-11H2;1H. The lowest BCUT2D eigenvalue weighted by molar-refractivity contribution is -0.134. The average Bonchev–Trinajstić information content (AvgIpc) is 3.37. The highest BCUT2D eigenvalue weighted by atomic mass is 35.5. The van der Waals surface area contributed by atoms with E-state index in [-0.39, 0.29) is 24.9 Å². The third-order valence-corrected chi connectivity index (χ3v) is 5.02. The molecule has 0 radical (unpaired) electrons. The number of hydrogen-bond donors (Lipinski definition) is 1. The molecule has 1 saturated carbocycles. The molecule has 7 heteroatoms. The van der Waals surface area contributed by atoms with E-state index >= 15 is 0 Å². The first-order valence-corrected chi connectivity index (χ1v) is 8.96. The predicted molar refractivity (Wildman–Crippen MR) is 99.5 cm³/mol. The molecule has 1 heterocycles. The van der Waals surface area contributed by atoms with Crippen molar-refractivity contribution in [3.05, 3.63) is 28.2 Å². The Morgan fingerprint density at radius 3 is 2.54 bits per heavy atom. The zero-order valence-electron chi connectivity index (χ0n) is 13.5. The Balaban J connectivity index is 0.00000208. The monoisotopic (exact) mass is 392 g/mol. The molecule has 0 aromatic heterocycles. The van der Waals surface area contributed by atoms with E-state index in [0.29, 0.717) is 21.8 Å². The van der Waals surface area contributed by atoms with Crippen molar-refractivity contribution in [2.24, 2.45) is 5.92 Å². The Kier molecular flexibility index (Phi) is 7.48. The van der Waals surface area contributed by atoms with E-state index in [9.17, 15) is 4.79 Å². The molecule has 3 rings (SSSR count). The average molecular weight is 394 g/mol. The third kappa shape index (κ3) is 5.69. The van der Waals surface area contributed by atoms with Crippen molar-refractivity contribution in [1.29, 1.82) is 0 Å². The molecule has 134 valence electrons. The van der Waals surface area contributed by atoms with Gasteiger partial charge in [0.1, 0.15) is 5.75 Å². The molecule has 1 aromatic rings. The highest BCUT2D eigenvalue weighted by Gasteiger charge is 2.26. The van der Waals surface area contributed by atoms with Crippen LogP contribution in [0, 0.1) is 5.92 Å². The first-order chi connectivity index (χ1) is 11.1. The summed E-state index contributed by atoms with van der Waals surface area (Å²) in [5, 5.41) is 4.59. The van der Waals surface area contributed by atoms with E-state index in [1.54, 1.807) is 18.2 Å². The maximum atomic E-state index is 12.2. The van der Waals surface area contributed by atoms with E-state index in [0.717, 1.165) is 38.4 Å². The first-order valence-electron chi connectivity index (χ1n) is 8.21. The van der Waals surface area contributed by atoms with Gasteiger partial charge >= 0.3 is 0 Å². The van der Waals surface area contributed by atoms with E-state index in [1.165, 1.54) is 12.8 Å². The fraction of sp³-hybridized carbons (Fsp3) is 0.588. The minimum absolute atomic E-state index is 0. The molecule has 2 fully saturated rings. The molecule has 1 aliphatic heterocycles. The van der Waals surface area contributed by atoms with Crippen molar-refractivity contribution in [1.82, 2.24) is 10.2 Å². The van der Waals surface area contributed by atoms with Gasteiger partial charge in [-0.3, -0.25) is 4.79 Å². The van der Waals surface area contributed by atoms with Crippen molar-refractivity contribution >= 4 is 41.5 Å². The van der Waals surface area contributed by atoms with Crippen LogP contribution in [0.5, 0.6) is 5.75 Å². The minimum atomic E-state index is 0. The SMILES string of the molecule is Cl.O=C(COc1ccc(Cl)cc1Cl)N1CCC(NCC2CC2)CC1. The van der Waals surface area contributed by atoms with E-state index in [4.69, 9.17) is 27.9 Å². The number of nitrogens with zero attached hydrogens (tertiary/aromatic N) is 1. The maximum Gasteiger partial charge on any atom is 0.260 e. The number of carbonyl (C=O) groups excluding carboxylic acids is 1. The molecule has 1 N–H and O–H groups in total. The van der Waals surface area contributed by atoms with Gasteiger partial charge in [-0.05, 0) is 56.3 Å². The lowest BCUT2D eigenvalue weighted by Gasteiger charge is -2.32. The highest BCUT2D eigenvalue weighted by Crippen LogP contribution is 2.28. The van der Waals surface area contributed by atoms with Crippen LogP contribution in [-0.4, -0.2) is 43.1 Å². The fourth-order valence-corrected chi connectivity index (χ4v) is 3.27. The number of rotatable bonds is 6. The second-order valence-corrected chi connectivity index (χ2v) is 7.21. The number of amides is 1. The summed E-state index contributed by atoms with van der Waals surface area (Å²) in [6.07, 6.45) is 4.77. The lowest BCUT2D eigenvalue weighted by Crippen LogP contribution is -2.46. The summed E-state index contributed by atoms with van der Waals surface area (Å²) in [5.41, 5.74) is 0. The van der Waals surface area contributed by atoms with Crippen molar-refractivity contribution in [3.63, 3.8) is 0 Å². The van der Waals surface area contributed by atoms with Gasteiger partial charge in [-0.1, -0.05) is 23.2 Å². The lowest BCUT2D eigenvalue weighted by atomic mass is 10.0. The second-order valence-electron chi connectivity index (χ2n) is 6.37. The second kappa shape index (κ2) is 9.14. The summed E-state index contributed by atoms with van der Waals surface area (Å²) in [6.45, 7) is 2.73. The van der Waals surface area contributed by atoms with Crippen LogP contribution in [0.2, 0.25) is 10.0 Å². The quantitative estimate of drug-likeness (QED) is 0.799. The number of halogens is 3. The molecule has 0 atom stereocenters. The molecule has 0 unspecified atom stereocenters. The Bertz CT molecular complexity index is 559. The van der Waals surface area contributed by atoms with E-state index < -0.39 is 0 Å². The highest BCUT2D eigenvalue weighted by molar-refractivity contribution is 6.35. The Labute approximate surface area is 159 Å². The van der Waals surface area contributed by atoms with Crippen LogP contribution in [0.3, 0.4) is 0 Å². The van der Waals surface area contributed by atoms with Gasteiger partial charge in [0.05, 0.1) is 5.02 Å². The van der Waals surface area contributed by atoms with Crippen LogP contribution in [0.4, 0.5) is 0 Å². The van der Waals surface area contributed by atoms with Gasteiger partial charge in [-0.15, -0.1) is 12.4 Å². The van der Waals surface area contributed by atoms with E-state index in [1.807, 2.05) is 4.90 Å². The zero-order chi connectivity index (χ0) is 16.2. The summed E-state index contributed by atoms with van der Waals surface area (Å²) in [7, 11) is 0. The smallest absolute Gasteiger partial charge is 0.260 e. The molecule has 0 spiro atoms. The normalized spacial score (nSPS) is 18.2. The number of nitrogens with one attached hydrogen (secondary N) is 1. The van der Waals surface area contributed by atoms with Crippen molar-refractivity contribution in [2.75, 3.05) is 26.2 Å². The molecular weight excluding hydrogens is 371 g/mol. The fourth-order valence-electron chi connectivity index (χ4n) is 2.81. The van der Waals surface area contributed by atoms with Crippen LogP contribution in [0.15, 0.2) is 18.2 Å². The summed E-state index contributed by atoms with van der Waals surface area (Å²) in [5.74, 6) is 1.40. The van der Waals surface area contributed by atoms with Crippen LogP contribution in [0.1, 0.15) is 25.7 Å². The van der Waals surface area contributed by atoms with Crippen molar-refractivity contribution < 1.29 is 9.53 Å². The Morgan fingerprint density at radius 1 is 1.21 bits per heavy atom. The first kappa shape index (κ1) is 19.6. The Morgan fingerprint density at radius 2 is 1.92 bits per heavy atom. The zero-order valence-corrected chi connectivity index (χ0v) is 15.8. The number of hydrogen-bond acceptors (Lipinski definition) is 3.